The van der Waals surface area contributed by atoms with Crippen LogP contribution in [0.25, 0.3) is 0 Å². The van der Waals surface area contributed by atoms with Crippen molar-refractivity contribution in [3.63, 3.8) is 0 Å². The first kappa shape index (κ1) is 19.6. The lowest BCUT2D eigenvalue weighted by molar-refractivity contribution is -0.274. The molecule has 0 amide bonds. The predicted octanol–water partition coefficient (Wildman–Crippen LogP) is 2.44. The summed E-state index contributed by atoms with van der Waals surface area (Å²) in [7, 11) is 0. The van der Waals surface area contributed by atoms with Gasteiger partial charge in [0.2, 0.25) is 11.4 Å². The summed E-state index contributed by atoms with van der Waals surface area (Å²) >= 11 is 0. The number of carboxylic acid groups (broad SMARTS) is 1. The van der Waals surface area contributed by atoms with Crippen molar-refractivity contribution in [2.75, 3.05) is 0 Å². The van der Waals surface area contributed by atoms with Crippen molar-refractivity contribution in [3.05, 3.63) is 35.7 Å². The first-order valence-corrected chi connectivity index (χ1v) is 7.43. The Balaban J connectivity index is 2.45. The molecular formula is C15H17F3N4O4. The number of H-pyrrole nitrogens is 1. The van der Waals surface area contributed by atoms with Crippen LogP contribution in [0.15, 0.2) is 24.3 Å². The van der Waals surface area contributed by atoms with Crippen LogP contribution in [0.2, 0.25) is 0 Å². The van der Waals surface area contributed by atoms with Gasteiger partial charge in [-0.15, -0.1) is 23.4 Å². The fourth-order valence-electron chi connectivity index (χ4n) is 2.37. The van der Waals surface area contributed by atoms with Crippen LogP contribution >= 0.6 is 0 Å². The second kappa shape index (κ2) is 6.90. The number of nitrogens with zero attached hydrogens (tertiary/aromatic N) is 3. The van der Waals surface area contributed by atoms with Crippen molar-refractivity contribution in [3.8, 4) is 5.75 Å². The molecule has 0 saturated carbocycles. The highest BCUT2D eigenvalue weighted by Crippen LogP contribution is 2.34. The monoisotopic (exact) mass is 374 g/mol. The molecule has 0 saturated heterocycles. The van der Waals surface area contributed by atoms with Crippen molar-refractivity contribution in [2.24, 2.45) is 0 Å². The molecule has 142 valence electrons. The molecule has 0 aliphatic rings. The average Bonchev–Trinajstić information content (AvgIpc) is 2.97. The van der Waals surface area contributed by atoms with Crippen molar-refractivity contribution in [2.45, 2.75) is 44.8 Å². The summed E-state index contributed by atoms with van der Waals surface area (Å²) in [5.41, 5.74) is -2.75. The SMILES string of the molecule is CC(C)(C)OC(Cc1cccc(OC(F)(F)F)c1)(C(=O)O)c1nn[nH]n1. The number of benzene rings is 1. The molecule has 1 aromatic carbocycles. The Kier molecular flexibility index (Phi) is 5.21. The zero-order valence-corrected chi connectivity index (χ0v) is 14.2. The molecule has 11 heteroatoms. The van der Waals surface area contributed by atoms with Crippen LogP contribution in [0.1, 0.15) is 32.2 Å². The third kappa shape index (κ3) is 4.91. The maximum atomic E-state index is 12.4. The van der Waals surface area contributed by atoms with E-state index < -0.39 is 29.3 Å². The highest BCUT2D eigenvalue weighted by Gasteiger charge is 2.49. The number of hydrogen-bond acceptors (Lipinski definition) is 6. The quantitative estimate of drug-likeness (QED) is 0.799. The molecule has 0 aliphatic heterocycles. The van der Waals surface area contributed by atoms with Gasteiger partial charge >= 0.3 is 12.3 Å². The van der Waals surface area contributed by atoms with Crippen molar-refractivity contribution in [1.29, 1.82) is 0 Å². The van der Waals surface area contributed by atoms with E-state index in [0.717, 1.165) is 12.1 Å². The highest BCUT2D eigenvalue weighted by atomic mass is 19.4. The van der Waals surface area contributed by atoms with Crippen LogP contribution in [0.3, 0.4) is 0 Å². The van der Waals surface area contributed by atoms with Crippen LogP contribution in [-0.4, -0.2) is 43.7 Å². The van der Waals surface area contributed by atoms with Gasteiger partial charge in [-0.25, -0.2) is 4.79 Å². The van der Waals surface area contributed by atoms with Gasteiger partial charge in [0.25, 0.3) is 0 Å². The summed E-state index contributed by atoms with van der Waals surface area (Å²) in [5, 5.41) is 22.7. The van der Waals surface area contributed by atoms with E-state index in [0.29, 0.717) is 0 Å². The number of aromatic nitrogens is 4. The average molecular weight is 374 g/mol. The Labute approximate surface area is 146 Å². The molecular weight excluding hydrogens is 357 g/mol. The summed E-state index contributed by atoms with van der Waals surface area (Å²) in [6, 6.07) is 4.96. The Bertz CT molecular complexity index is 759. The minimum Gasteiger partial charge on any atom is -0.479 e. The molecule has 26 heavy (non-hydrogen) atoms. The second-order valence-electron chi connectivity index (χ2n) is 6.45. The normalized spacial score (nSPS) is 14.7. The van der Waals surface area contributed by atoms with Gasteiger partial charge in [0, 0.05) is 6.42 Å². The van der Waals surface area contributed by atoms with Crippen LogP contribution < -0.4 is 4.74 Å². The molecule has 1 unspecified atom stereocenters. The van der Waals surface area contributed by atoms with Gasteiger partial charge in [-0.3, -0.25) is 0 Å². The lowest BCUT2D eigenvalue weighted by Crippen LogP contribution is -2.47. The van der Waals surface area contributed by atoms with Gasteiger partial charge in [-0.1, -0.05) is 17.3 Å². The van der Waals surface area contributed by atoms with Gasteiger partial charge < -0.3 is 14.6 Å². The number of carboxylic acids is 1. The van der Waals surface area contributed by atoms with Gasteiger partial charge in [-0.05, 0) is 38.5 Å². The van der Waals surface area contributed by atoms with Crippen LogP contribution in [-0.2, 0) is 21.6 Å². The third-order valence-electron chi connectivity index (χ3n) is 3.12. The van der Waals surface area contributed by atoms with E-state index in [1.54, 1.807) is 20.8 Å². The number of aromatic amines is 1. The highest BCUT2D eigenvalue weighted by molar-refractivity contribution is 5.78. The fourth-order valence-corrected chi connectivity index (χ4v) is 2.37. The first-order chi connectivity index (χ1) is 11.9. The van der Waals surface area contributed by atoms with Crippen LogP contribution in [0.4, 0.5) is 13.2 Å². The third-order valence-corrected chi connectivity index (χ3v) is 3.12. The largest absolute Gasteiger partial charge is 0.573 e. The molecule has 1 aromatic heterocycles. The Morgan fingerprint density at radius 1 is 1.27 bits per heavy atom. The summed E-state index contributed by atoms with van der Waals surface area (Å²) in [5.74, 6) is -2.13. The maximum Gasteiger partial charge on any atom is 0.573 e. The molecule has 2 rings (SSSR count). The number of rotatable bonds is 6. The van der Waals surface area contributed by atoms with Gasteiger partial charge in [0.1, 0.15) is 5.75 Å². The zero-order valence-electron chi connectivity index (χ0n) is 14.2. The maximum absolute atomic E-state index is 12.4. The minimum atomic E-state index is -4.86. The minimum absolute atomic E-state index is 0.225. The Morgan fingerprint density at radius 3 is 2.46 bits per heavy atom. The molecule has 0 fully saturated rings. The lowest BCUT2D eigenvalue weighted by Gasteiger charge is -2.34. The summed E-state index contributed by atoms with van der Waals surface area (Å²) in [4.78, 5) is 12.1. The molecule has 1 atom stereocenters. The molecule has 8 nitrogen and oxygen atoms in total. The van der Waals surface area contributed by atoms with E-state index >= 15 is 0 Å². The topological polar surface area (TPSA) is 110 Å². The van der Waals surface area contributed by atoms with E-state index in [2.05, 4.69) is 25.4 Å². The van der Waals surface area contributed by atoms with Gasteiger partial charge in [0.15, 0.2) is 0 Å². The van der Waals surface area contributed by atoms with Crippen molar-refractivity contribution in [1.82, 2.24) is 20.6 Å². The van der Waals surface area contributed by atoms with Gasteiger partial charge in [0.05, 0.1) is 5.60 Å². The number of hydrogen-bond donors (Lipinski definition) is 2. The van der Waals surface area contributed by atoms with Gasteiger partial charge in [-0.2, -0.15) is 5.21 Å². The smallest absolute Gasteiger partial charge is 0.479 e. The Morgan fingerprint density at radius 2 is 1.96 bits per heavy atom. The lowest BCUT2D eigenvalue weighted by atomic mass is 9.92. The number of tetrazole rings is 1. The molecule has 0 spiro atoms. The number of ether oxygens (including phenoxy) is 2. The van der Waals surface area contributed by atoms with E-state index in [9.17, 15) is 23.1 Å². The summed E-state index contributed by atoms with van der Waals surface area (Å²) in [6.07, 6.45) is -5.20. The molecule has 2 aromatic rings. The van der Waals surface area contributed by atoms with Crippen molar-refractivity contribution < 1.29 is 32.5 Å². The van der Waals surface area contributed by atoms with E-state index in [-0.39, 0.29) is 17.8 Å². The van der Waals surface area contributed by atoms with Crippen LogP contribution in [0, 0.1) is 0 Å². The Hall–Kier alpha value is -2.69. The summed E-state index contributed by atoms with van der Waals surface area (Å²) < 4.78 is 46.8. The fraction of sp³-hybridized carbons (Fsp3) is 0.467. The van der Waals surface area contributed by atoms with E-state index in [1.165, 1.54) is 12.1 Å². The van der Waals surface area contributed by atoms with Crippen LogP contribution in [0.5, 0.6) is 5.75 Å². The standard InChI is InChI=1S/C15H17F3N4O4/c1-13(2,3)26-14(12(23)24,11-19-21-22-20-11)8-9-5-4-6-10(7-9)25-15(16,17)18/h4-7H,8H2,1-3H3,(H,23,24)(H,19,20,21,22). The zero-order chi connectivity index (χ0) is 19.6. The number of carbonyl (C=O) groups is 1. The second-order valence-corrected chi connectivity index (χ2v) is 6.45. The van der Waals surface area contributed by atoms with E-state index in [1.807, 2.05) is 0 Å². The molecule has 0 bridgehead atoms. The molecule has 0 radical (unpaired) electrons. The van der Waals surface area contributed by atoms with Crippen molar-refractivity contribution >= 4 is 5.97 Å². The number of halogens is 3. The first-order valence-electron chi connectivity index (χ1n) is 7.43. The number of alkyl halides is 3. The molecule has 0 aliphatic carbocycles. The molecule has 1 heterocycles. The summed E-state index contributed by atoms with van der Waals surface area (Å²) in [6.45, 7) is 4.90. The predicted molar refractivity (Wildman–Crippen MR) is 81.2 cm³/mol. The van der Waals surface area contributed by atoms with E-state index in [4.69, 9.17) is 4.74 Å². The number of nitrogens with one attached hydrogen (secondary N) is 1. The number of aliphatic carboxylic acids is 1. The molecule has 2 N–H and O–H groups in total.